The molecule has 2 aromatic carbocycles. The molecule has 150 valence electrons. The Labute approximate surface area is 175 Å². The zero-order chi connectivity index (χ0) is 20.1. The summed E-state index contributed by atoms with van der Waals surface area (Å²) in [5, 5.41) is 3.59. The fourth-order valence-corrected chi connectivity index (χ4v) is 5.63. The number of nitrogens with zero attached hydrogens (tertiary/aromatic N) is 1. The Bertz CT molecular complexity index is 946. The van der Waals surface area contributed by atoms with Gasteiger partial charge < -0.3 is 5.32 Å². The summed E-state index contributed by atoms with van der Waals surface area (Å²) < 4.78 is 26.2. The summed E-state index contributed by atoms with van der Waals surface area (Å²) >= 11 is 7.51. The quantitative estimate of drug-likeness (QED) is 0.544. The molecule has 1 fully saturated rings. The van der Waals surface area contributed by atoms with Crippen LogP contribution < -0.4 is 9.62 Å². The van der Waals surface area contributed by atoms with Crippen molar-refractivity contribution in [3.05, 3.63) is 58.6 Å². The lowest BCUT2D eigenvalue weighted by Gasteiger charge is -2.29. The largest absolute Gasteiger partial charge is 0.351 e. The number of benzene rings is 2. The summed E-state index contributed by atoms with van der Waals surface area (Å²) in [6.07, 6.45) is 1.51. The predicted octanol–water partition coefficient (Wildman–Crippen LogP) is 4.10. The first-order valence-electron chi connectivity index (χ1n) is 9.14. The van der Waals surface area contributed by atoms with Crippen molar-refractivity contribution < 1.29 is 13.2 Å². The number of sulfonamides is 1. The van der Waals surface area contributed by atoms with E-state index in [-0.39, 0.29) is 11.7 Å². The molecule has 0 aromatic heterocycles. The number of thioether (sulfide) groups is 1. The zero-order valence-electron chi connectivity index (χ0n) is 15.7. The van der Waals surface area contributed by atoms with Gasteiger partial charge in [0, 0.05) is 34.3 Å². The van der Waals surface area contributed by atoms with Gasteiger partial charge in [-0.1, -0.05) is 17.7 Å². The van der Waals surface area contributed by atoms with E-state index in [1.54, 1.807) is 30.0 Å². The summed E-state index contributed by atoms with van der Waals surface area (Å²) in [6.45, 7) is 2.84. The highest BCUT2D eigenvalue weighted by molar-refractivity contribution is 7.99. The monoisotopic (exact) mass is 438 g/mol. The number of carbonyl (C=O) groups is 1. The number of carbonyl (C=O) groups excluding carboxylic acids is 1. The van der Waals surface area contributed by atoms with Gasteiger partial charge in [-0.3, -0.25) is 9.10 Å². The van der Waals surface area contributed by atoms with E-state index in [0.717, 1.165) is 22.6 Å². The predicted molar refractivity (Wildman–Crippen MR) is 116 cm³/mol. The third-order valence-corrected chi connectivity index (χ3v) is 7.68. The average molecular weight is 439 g/mol. The highest BCUT2D eigenvalue weighted by Gasteiger charge is 2.27. The topological polar surface area (TPSA) is 66.5 Å². The van der Waals surface area contributed by atoms with Gasteiger partial charge in [0.05, 0.1) is 11.4 Å². The summed E-state index contributed by atoms with van der Waals surface area (Å²) in [5.41, 5.74) is 1.92. The van der Waals surface area contributed by atoms with Crippen LogP contribution in [0.4, 0.5) is 5.69 Å². The third-order valence-electron chi connectivity index (χ3n) is 4.56. The number of rotatable bonds is 6. The fraction of sp³-hybridized carbons (Fsp3) is 0.350. The molecule has 5 nitrogen and oxygen atoms in total. The van der Waals surface area contributed by atoms with E-state index < -0.39 is 10.0 Å². The highest BCUT2D eigenvalue weighted by atomic mass is 35.5. The third kappa shape index (κ3) is 5.21. The number of anilines is 1. The Morgan fingerprint density at radius 1 is 1.18 bits per heavy atom. The number of amides is 1. The van der Waals surface area contributed by atoms with Gasteiger partial charge in [0.2, 0.25) is 10.0 Å². The van der Waals surface area contributed by atoms with Crippen LogP contribution in [0, 0.1) is 6.92 Å². The van der Waals surface area contributed by atoms with Crippen molar-refractivity contribution >= 4 is 45.0 Å². The van der Waals surface area contributed by atoms with Gasteiger partial charge in [0.15, 0.2) is 0 Å². The molecule has 0 atom stereocenters. The molecule has 1 heterocycles. The number of hydrogen-bond acceptors (Lipinski definition) is 4. The van der Waals surface area contributed by atoms with Gasteiger partial charge in [-0.2, -0.15) is 0 Å². The first kappa shape index (κ1) is 21.0. The van der Waals surface area contributed by atoms with Crippen LogP contribution >= 0.6 is 23.4 Å². The van der Waals surface area contributed by atoms with Gasteiger partial charge in [-0.05, 0) is 61.7 Å². The normalized spacial score (nSPS) is 16.0. The maximum Gasteiger partial charge on any atom is 0.251 e. The molecule has 0 saturated carbocycles. The molecule has 1 saturated heterocycles. The van der Waals surface area contributed by atoms with Gasteiger partial charge in [0.25, 0.3) is 5.91 Å². The first-order chi connectivity index (χ1) is 13.4. The molecule has 2 aromatic rings. The minimum absolute atomic E-state index is 0.158. The van der Waals surface area contributed by atoms with Gasteiger partial charge in [-0.15, -0.1) is 11.8 Å². The Morgan fingerprint density at radius 3 is 2.64 bits per heavy atom. The van der Waals surface area contributed by atoms with Crippen molar-refractivity contribution in [2.75, 3.05) is 28.9 Å². The second-order valence-electron chi connectivity index (χ2n) is 6.65. The first-order valence-corrected chi connectivity index (χ1v) is 12.1. The Morgan fingerprint density at radius 2 is 1.93 bits per heavy atom. The summed E-state index contributed by atoms with van der Waals surface area (Å²) in [5.74, 6) is 0.685. The highest BCUT2D eigenvalue weighted by Crippen LogP contribution is 2.28. The SMILES string of the molecule is Cc1ccc(C(=O)NCCSc2ccc(Cl)cc2)cc1N1CCCCS1(=O)=O. The molecule has 0 radical (unpaired) electrons. The van der Waals surface area contributed by atoms with E-state index in [1.807, 2.05) is 31.2 Å². The molecule has 1 aliphatic rings. The van der Waals surface area contributed by atoms with E-state index >= 15 is 0 Å². The van der Waals surface area contributed by atoms with E-state index in [1.165, 1.54) is 4.31 Å². The lowest BCUT2D eigenvalue weighted by atomic mass is 10.1. The number of halogens is 1. The minimum Gasteiger partial charge on any atom is -0.351 e. The van der Waals surface area contributed by atoms with Crippen LogP contribution in [0.1, 0.15) is 28.8 Å². The Balaban J connectivity index is 1.61. The van der Waals surface area contributed by atoms with Crippen LogP contribution in [0.2, 0.25) is 5.02 Å². The van der Waals surface area contributed by atoms with Crippen molar-refractivity contribution in [1.82, 2.24) is 5.32 Å². The average Bonchev–Trinajstić information content (AvgIpc) is 2.67. The summed E-state index contributed by atoms with van der Waals surface area (Å²) in [4.78, 5) is 13.6. The molecular formula is C20H23ClN2O3S2. The molecule has 0 bridgehead atoms. The van der Waals surface area contributed by atoms with Crippen LogP contribution in [0.5, 0.6) is 0 Å². The number of nitrogens with one attached hydrogen (secondary N) is 1. The van der Waals surface area contributed by atoms with E-state index in [9.17, 15) is 13.2 Å². The lowest BCUT2D eigenvalue weighted by molar-refractivity contribution is 0.0956. The van der Waals surface area contributed by atoms with E-state index in [0.29, 0.717) is 35.8 Å². The van der Waals surface area contributed by atoms with Crippen molar-refractivity contribution in [1.29, 1.82) is 0 Å². The lowest BCUT2D eigenvalue weighted by Crippen LogP contribution is -2.38. The Kier molecular flexibility index (Phi) is 6.91. The second kappa shape index (κ2) is 9.20. The van der Waals surface area contributed by atoms with Crippen LogP contribution in [0.25, 0.3) is 0 Å². The molecule has 0 spiro atoms. The minimum atomic E-state index is -3.31. The standard InChI is InChI=1S/C20H23ClN2O3S2/c1-15-4-5-16(14-19(15)23-11-2-3-13-28(23,25)26)20(24)22-10-12-27-18-8-6-17(21)7-9-18/h4-9,14H,2-3,10-13H2,1H3,(H,22,24). The van der Waals surface area contributed by atoms with Crippen molar-refractivity contribution in [2.45, 2.75) is 24.7 Å². The maximum absolute atomic E-state index is 12.5. The number of hydrogen-bond donors (Lipinski definition) is 1. The molecule has 1 N–H and O–H groups in total. The van der Waals surface area contributed by atoms with E-state index in [4.69, 9.17) is 11.6 Å². The van der Waals surface area contributed by atoms with Gasteiger partial charge in [-0.25, -0.2) is 8.42 Å². The van der Waals surface area contributed by atoms with Crippen LogP contribution in [0.15, 0.2) is 47.4 Å². The van der Waals surface area contributed by atoms with Crippen LogP contribution in [-0.4, -0.2) is 38.9 Å². The fourth-order valence-electron chi connectivity index (χ4n) is 3.05. The second-order valence-corrected chi connectivity index (χ2v) is 10.3. The summed E-state index contributed by atoms with van der Waals surface area (Å²) in [7, 11) is -3.31. The van der Waals surface area contributed by atoms with E-state index in [2.05, 4.69) is 5.32 Å². The van der Waals surface area contributed by atoms with Crippen molar-refractivity contribution in [3.63, 3.8) is 0 Å². The van der Waals surface area contributed by atoms with Crippen LogP contribution in [0.3, 0.4) is 0 Å². The molecule has 0 aliphatic carbocycles. The summed E-state index contributed by atoms with van der Waals surface area (Å²) in [6, 6.07) is 12.8. The Hall–Kier alpha value is -1.70. The maximum atomic E-state index is 12.5. The smallest absolute Gasteiger partial charge is 0.251 e. The van der Waals surface area contributed by atoms with Gasteiger partial charge >= 0.3 is 0 Å². The van der Waals surface area contributed by atoms with Crippen molar-refractivity contribution in [2.24, 2.45) is 0 Å². The molecule has 1 aliphatic heterocycles. The molecular weight excluding hydrogens is 416 g/mol. The van der Waals surface area contributed by atoms with Gasteiger partial charge in [0.1, 0.15) is 0 Å². The molecule has 0 unspecified atom stereocenters. The molecule has 3 rings (SSSR count). The molecule has 8 heteroatoms. The van der Waals surface area contributed by atoms with Crippen LogP contribution in [-0.2, 0) is 10.0 Å². The number of aryl methyl sites for hydroxylation is 1. The molecule has 28 heavy (non-hydrogen) atoms. The molecule has 1 amide bonds. The van der Waals surface area contributed by atoms with Crippen molar-refractivity contribution in [3.8, 4) is 0 Å². The zero-order valence-corrected chi connectivity index (χ0v) is 18.0.